The predicted octanol–water partition coefficient (Wildman–Crippen LogP) is 3.10. The number of hydrogen-bond acceptors (Lipinski definition) is 5. The predicted molar refractivity (Wildman–Crippen MR) is 118 cm³/mol. The van der Waals surface area contributed by atoms with Gasteiger partial charge in [0.1, 0.15) is 12.4 Å². The zero-order valence-electron chi connectivity index (χ0n) is 16.7. The van der Waals surface area contributed by atoms with Crippen molar-refractivity contribution in [3.63, 3.8) is 0 Å². The van der Waals surface area contributed by atoms with E-state index in [0.717, 1.165) is 5.56 Å². The number of ether oxygens (including phenoxy) is 1. The maximum Gasteiger partial charge on any atom is 0.338 e. The van der Waals surface area contributed by atoms with Gasteiger partial charge in [0.05, 0.1) is 21.8 Å². The number of allylic oxidation sites excluding steroid dienone is 1. The van der Waals surface area contributed by atoms with Crippen LogP contribution in [0.2, 0.25) is 0 Å². The molecule has 1 unspecified atom stereocenters. The molecular formula is C24H19FN2O3S. The number of benzene rings is 2. The Morgan fingerprint density at radius 3 is 2.61 bits per heavy atom. The van der Waals surface area contributed by atoms with Gasteiger partial charge >= 0.3 is 5.97 Å². The fourth-order valence-electron chi connectivity index (χ4n) is 3.46. The second kappa shape index (κ2) is 8.65. The Morgan fingerprint density at radius 1 is 1.23 bits per heavy atom. The van der Waals surface area contributed by atoms with Crippen LogP contribution in [-0.2, 0) is 9.53 Å². The van der Waals surface area contributed by atoms with E-state index in [4.69, 9.17) is 4.74 Å². The minimum absolute atomic E-state index is 0.0616. The third kappa shape index (κ3) is 4.04. The molecule has 0 aliphatic carbocycles. The topological polar surface area (TPSA) is 60.7 Å². The van der Waals surface area contributed by atoms with Gasteiger partial charge in [-0.05, 0) is 36.3 Å². The number of esters is 1. The molecule has 0 bridgehead atoms. The molecule has 2 aromatic carbocycles. The molecule has 31 heavy (non-hydrogen) atoms. The number of hydrogen-bond donors (Lipinski definition) is 0. The molecule has 0 spiro atoms. The summed E-state index contributed by atoms with van der Waals surface area (Å²) >= 11 is 1.23. The fourth-order valence-corrected chi connectivity index (χ4v) is 4.50. The molecule has 0 amide bonds. The Hall–Kier alpha value is -3.58. The second-order valence-electron chi connectivity index (χ2n) is 6.93. The van der Waals surface area contributed by atoms with Gasteiger partial charge in [-0.1, -0.05) is 66.5 Å². The Morgan fingerprint density at radius 2 is 1.94 bits per heavy atom. The van der Waals surface area contributed by atoms with E-state index in [1.165, 1.54) is 34.1 Å². The van der Waals surface area contributed by atoms with Gasteiger partial charge in [-0.3, -0.25) is 9.36 Å². The van der Waals surface area contributed by atoms with Crippen LogP contribution in [0.15, 0.2) is 88.3 Å². The lowest BCUT2D eigenvalue weighted by molar-refractivity contribution is -0.138. The number of nitrogens with zero attached hydrogens (tertiary/aromatic N) is 2. The van der Waals surface area contributed by atoms with E-state index in [0.29, 0.717) is 26.2 Å². The molecule has 0 radical (unpaired) electrons. The summed E-state index contributed by atoms with van der Waals surface area (Å²) in [5, 5.41) is 0. The highest BCUT2D eigenvalue weighted by Crippen LogP contribution is 2.30. The van der Waals surface area contributed by atoms with Crippen molar-refractivity contribution in [3.05, 3.63) is 115 Å². The van der Waals surface area contributed by atoms with Crippen molar-refractivity contribution in [2.45, 2.75) is 13.0 Å². The van der Waals surface area contributed by atoms with E-state index < -0.39 is 12.0 Å². The lowest BCUT2D eigenvalue weighted by Crippen LogP contribution is -2.39. The largest absolute Gasteiger partial charge is 0.458 e. The SMILES string of the molecule is C=CCOC(=O)C1=C(C)N=c2s/c(=C\c3ccc(F)cc3)c(=O)n2C1c1ccccc1. The molecular weight excluding hydrogens is 415 g/mol. The van der Waals surface area contributed by atoms with Crippen LogP contribution in [0.4, 0.5) is 4.39 Å². The van der Waals surface area contributed by atoms with Gasteiger partial charge in [-0.15, -0.1) is 0 Å². The quantitative estimate of drug-likeness (QED) is 0.458. The molecule has 0 N–H and O–H groups in total. The van der Waals surface area contributed by atoms with Crippen LogP contribution in [0.1, 0.15) is 24.1 Å². The van der Waals surface area contributed by atoms with Gasteiger partial charge < -0.3 is 4.74 Å². The monoisotopic (exact) mass is 434 g/mol. The van der Waals surface area contributed by atoms with Crippen molar-refractivity contribution in [2.75, 3.05) is 6.61 Å². The zero-order chi connectivity index (χ0) is 22.0. The van der Waals surface area contributed by atoms with Crippen LogP contribution < -0.4 is 14.9 Å². The standard InChI is InChI=1S/C24H19FN2O3S/c1-3-13-30-23(29)20-15(2)26-24-27(21(20)17-7-5-4-6-8-17)22(28)19(31-24)14-16-9-11-18(25)12-10-16/h3-12,14,21H,1,13H2,2H3/b19-14-. The summed E-state index contributed by atoms with van der Waals surface area (Å²) in [6, 6.07) is 14.5. The minimum Gasteiger partial charge on any atom is -0.458 e. The number of fused-ring (bicyclic) bond motifs is 1. The average Bonchev–Trinajstić information content (AvgIpc) is 3.07. The Balaban J connectivity index is 1.92. The van der Waals surface area contributed by atoms with Crippen molar-refractivity contribution < 1.29 is 13.9 Å². The first-order valence-electron chi connectivity index (χ1n) is 9.60. The van der Waals surface area contributed by atoms with Gasteiger partial charge in [0.2, 0.25) is 0 Å². The maximum absolute atomic E-state index is 13.4. The molecule has 3 aromatic rings. The van der Waals surface area contributed by atoms with Crippen molar-refractivity contribution in [2.24, 2.45) is 4.99 Å². The highest BCUT2D eigenvalue weighted by atomic mass is 32.1. The first-order valence-corrected chi connectivity index (χ1v) is 10.4. The highest BCUT2D eigenvalue weighted by Gasteiger charge is 2.33. The van der Waals surface area contributed by atoms with E-state index in [-0.39, 0.29) is 18.0 Å². The summed E-state index contributed by atoms with van der Waals surface area (Å²) in [4.78, 5) is 31.2. The lowest BCUT2D eigenvalue weighted by atomic mass is 9.96. The molecule has 0 saturated heterocycles. The third-order valence-electron chi connectivity index (χ3n) is 4.86. The Labute approximate surface area is 181 Å². The Bertz CT molecular complexity index is 1350. The van der Waals surface area contributed by atoms with Crippen molar-refractivity contribution in [1.29, 1.82) is 0 Å². The number of aromatic nitrogens is 1. The molecule has 7 heteroatoms. The molecule has 1 aliphatic heterocycles. The fraction of sp³-hybridized carbons (Fsp3) is 0.125. The first-order chi connectivity index (χ1) is 15.0. The number of halogens is 1. The summed E-state index contributed by atoms with van der Waals surface area (Å²) in [5.74, 6) is -0.885. The van der Waals surface area contributed by atoms with Crippen molar-refractivity contribution >= 4 is 23.4 Å². The normalized spacial score (nSPS) is 15.9. The number of carbonyl (C=O) groups excluding carboxylic acids is 1. The zero-order valence-corrected chi connectivity index (χ0v) is 17.6. The van der Waals surface area contributed by atoms with Crippen molar-refractivity contribution in [1.82, 2.24) is 4.57 Å². The third-order valence-corrected chi connectivity index (χ3v) is 5.84. The van der Waals surface area contributed by atoms with Crippen molar-refractivity contribution in [3.8, 4) is 0 Å². The number of thiazole rings is 1. The van der Waals surface area contributed by atoms with Crippen LogP contribution in [0.3, 0.4) is 0 Å². The summed E-state index contributed by atoms with van der Waals surface area (Å²) in [6.07, 6.45) is 3.18. The van der Waals surface area contributed by atoms with Gasteiger partial charge in [-0.2, -0.15) is 0 Å². The van der Waals surface area contributed by atoms with Crippen LogP contribution >= 0.6 is 11.3 Å². The van der Waals surface area contributed by atoms with Crippen LogP contribution in [0.25, 0.3) is 6.08 Å². The maximum atomic E-state index is 13.4. The molecule has 0 fully saturated rings. The molecule has 1 atom stereocenters. The molecule has 1 aliphatic rings. The second-order valence-corrected chi connectivity index (χ2v) is 7.94. The summed E-state index contributed by atoms with van der Waals surface area (Å²) in [5.41, 5.74) is 2.01. The smallest absolute Gasteiger partial charge is 0.338 e. The van der Waals surface area contributed by atoms with Gasteiger partial charge in [0.15, 0.2) is 4.80 Å². The molecule has 2 heterocycles. The molecule has 156 valence electrons. The molecule has 0 saturated carbocycles. The highest BCUT2D eigenvalue weighted by molar-refractivity contribution is 7.07. The van der Waals surface area contributed by atoms with Crippen LogP contribution in [0.5, 0.6) is 0 Å². The summed E-state index contributed by atoms with van der Waals surface area (Å²) < 4.78 is 20.5. The summed E-state index contributed by atoms with van der Waals surface area (Å²) in [7, 11) is 0. The number of rotatable bonds is 5. The van der Waals surface area contributed by atoms with E-state index in [1.54, 1.807) is 25.1 Å². The van der Waals surface area contributed by atoms with Crippen LogP contribution in [0, 0.1) is 5.82 Å². The van der Waals surface area contributed by atoms with Gasteiger partial charge in [-0.25, -0.2) is 14.2 Å². The minimum atomic E-state index is -0.662. The van der Waals surface area contributed by atoms with E-state index in [1.807, 2.05) is 30.3 Å². The average molecular weight is 434 g/mol. The van der Waals surface area contributed by atoms with E-state index in [2.05, 4.69) is 11.6 Å². The van der Waals surface area contributed by atoms with Crippen LogP contribution in [-0.4, -0.2) is 17.1 Å². The molecule has 5 nitrogen and oxygen atoms in total. The summed E-state index contributed by atoms with van der Waals surface area (Å²) in [6.45, 7) is 5.37. The van der Waals surface area contributed by atoms with Gasteiger partial charge in [0, 0.05) is 0 Å². The Kier molecular flexibility index (Phi) is 5.77. The molecule has 1 aromatic heterocycles. The molecule has 4 rings (SSSR count). The van der Waals surface area contributed by atoms with E-state index >= 15 is 0 Å². The first kappa shape index (κ1) is 20.7. The number of carbonyl (C=O) groups is 1. The van der Waals surface area contributed by atoms with E-state index in [9.17, 15) is 14.0 Å². The van der Waals surface area contributed by atoms with Gasteiger partial charge in [0.25, 0.3) is 5.56 Å². The lowest BCUT2D eigenvalue weighted by Gasteiger charge is -2.24.